The molecule has 2 aliphatic carbocycles. The van der Waals surface area contributed by atoms with Gasteiger partial charge in [-0.05, 0) is 18.6 Å². The molecular formula is C15H20O7. The van der Waals surface area contributed by atoms with Crippen LogP contribution in [-0.2, 0) is 14.3 Å². The van der Waals surface area contributed by atoms with E-state index < -0.39 is 59.3 Å². The first kappa shape index (κ1) is 14.7. The van der Waals surface area contributed by atoms with Gasteiger partial charge in [-0.2, -0.15) is 0 Å². The van der Waals surface area contributed by atoms with E-state index >= 15 is 0 Å². The number of fused-ring (bicyclic) bond motifs is 2. The lowest BCUT2D eigenvalue weighted by atomic mass is 9.50. The summed E-state index contributed by atoms with van der Waals surface area (Å²) in [5.74, 6) is -0.502. The summed E-state index contributed by atoms with van der Waals surface area (Å²) in [7, 11) is 0. The molecule has 2 saturated heterocycles. The Kier molecular flexibility index (Phi) is 2.67. The summed E-state index contributed by atoms with van der Waals surface area (Å²) in [6.45, 7) is 2.92. The Balaban J connectivity index is 1.98. The summed E-state index contributed by atoms with van der Waals surface area (Å²) >= 11 is 0. The fourth-order valence-corrected chi connectivity index (χ4v) is 5.03. The number of hydrogen-bond acceptors (Lipinski definition) is 7. The van der Waals surface area contributed by atoms with Crippen LogP contribution in [0.4, 0.5) is 0 Å². The Morgan fingerprint density at radius 1 is 1.36 bits per heavy atom. The van der Waals surface area contributed by atoms with E-state index in [1.807, 2.05) is 0 Å². The van der Waals surface area contributed by atoms with Crippen molar-refractivity contribution >= 4 is 5.78 Å². The molecule has 8 atom stereocenters. The van der Waals surface area contributed by atoms with Crippen LogP contribution >= 0.6 is 0 Å². The summed E-state index contributed by atoms with van der Waals surface area (Å²) in [5, 5.41) is 41.8. The molecule has 122 valence electrons. The molecule has 1 saturated carbocycles. The highest BCUT2D eigenvalue weighted by molar-refractivity contribution is 6.00. The van der Waals surface area contributed by atoms with Crippen molar-refractivity contribution in [3.8, 4) is 0 Å². The average Bonchev–Trinajstić information content (AvgIpc) is 3.27. The van der Waals surface area contributed by atoms with E-state index in [-0.39, 0.29) is 6.61 Å². The Labute approximate surface area is 127 Å². The van der Waals surface area contributed by atoms with Crippen molar-refractivity contribution in [2.24, 2.45) is 10.8 Å². The van der Waals surface area contributed by atoms with Crippen molar-refractivity contribution in [2.45, 2.75) is 50.0 Å². The first-order valence-corrected chi connectivity index (χ1v) is 7.45. The van der Waals surface area contributed by atoms with Crippen LogP contribution in [0, 0.1) is 10.8 Å². The number of rotatable bonds is 1. The molecule has 0 unspecified atom stereocenters. The Hall–Kier alpha value is -0.830. The van der Waals surface area contributed by atoms with Crippen LogP contribution in [0.1, 0.15) is 13.8 Å². The summed E-state index contributed by atoms with van der Waals surface area (Å²) in [5.41, 5.74) is -3.28. The topological polar surface area (TPSA) is 120 Å². The van der Waals surface area contributed by atoms with Gasteiger partial charge in [0, 0.05) is 5.41 Å². The molecule has 0 amide bonds. The zero-order valence-corrected chi connectivity index (χ0v) is 12.4. The first-order chi connectivity index (χ1) is 10.3. The Morgan fingerprint density at radius 2 is 2.00 bits per heavy atom. The number of hydrogen-bond donors (Lipinski definition) is 4. The van der Waals surface area contributed by atoms with Gasteiger partial charge < -0.3 is 29.9 Å². The van der Waals surface area contributed by atoms with E-state index in [1.165, 1.54) is 0 Å². The minimum Gasteiger partial charge on any atom is -0.396 e. The van der Waals surface area contributed by atoms with E-state index in [1.54, 1.807) is 19.9 Å². The van der Waals surface area contributed by atoms with Crippen LogP contribution in [0.2, 0.25) is 0 Å². The molecule has 4 aliphatic rings. The van der Waals surface area contributed by atoms with Crippen molar-refractivity contribution in [1.82, 2.24) is 0 Å². The van der Waals surface area contributed by atoms with Crippen LogP contribution in [0.5, 0.6) is 0 Å². The second-order valence-electron chi connectivity index (χ2n) is 7.11. The predicted octanol–water partition coefficient (Wildman–Crippen LogP) is -1.87. The number of aliphatic hydroxyl groups excluding tert-OH is 4. The maximum absolute atomic E-state index is 12.3. The highest BCUT2D eigenvalue weighted by Crippen LogP contribution is 2.70. The molecule has 2 heterocycles. The molecule has 0 aromatic carbocycles. The second kappa shape index (κ2) is 3.98. The second-order valence-corrected chi connectivity index (χ2v) is 7.11. The fourth-order valence-electron chi connectivity index (χ4n) is 5.03. The third-order valence-corrected chi connectivity index (χ3v) is 6.58. The Bertz CT molecular complexity index is 582. The van der Waals surface area contributed by atoms with Crippen molar-refractivity contribution in [1.29, 1.82) is 0 Å². The molecular weight excluding hydrogens is 292 g/mol. The van der Waals surface area contributed by atoms with Gasteiger partial charge in [-0.15, -0.1) is 0 Å². The van der Waals surface area contributed by atoms with Crippen LogP contribution in [0.15, 0.2) is 11.6 Å². The van der Waals surface area contributed by atoms with E-state index in [0.717, 1.165) is 0 Å². The molecule has 3 fully saturated rings. The molecule has 4 N–H and O–H groups in total. The number of carbonyl (C=O) groups is 1. The maximum atomic E-state index is 12.3. The number of ketones is 1. The third kappa shape index (κ3) is 1.18. The summed E-state index contributed by atoms with van der Waals surface area (Å²) in [6.07, 6.45) is -3.96. The molecule has 0 aromatic rings. The van der Waals surface area contributed by atoms with E-state index in [2.05, 4.69) is 0 Å². The smallest absolute Gasteiger partial charge is 0.187 e. The van der Waals surface area contributed by atoms with Crippen LogP contribution in [0.3, 0.4) is 0 Å². The normalized spacial score (nSPS) is 59.5. The lowest BCUT2D eigenvalue weighted by Gasteiger charge is -2.58. The minimum absolute atomic E-state index is 0.250. The van der Waals surface area contributed by atoms with Gasteiger partial charge in [0.2, 0.25) is 0 Å². The molecule has 0 aromatic heterocycles. The predicted molar refractivity (Wildman–Crippen MR) is 71.8 cm³/mol. The molecule has 4 rings (SSSR count). The van der Waals surface area contributed by atoms with Crippen LogP contribution in [0.25, 0.3) is 0 Å². The van der Waals surface area contributed by atoms with E-state index in [4.69, 9.17) is 9.47 Å². The number of Topliss-reactive ketones (excluding diaryl/α,β-unsaturated/α-hetero) is 1. The van der Waals surface area contributed by atoms with Crippen LogP contribution in [-0.4, -0.2) is 75.5 Å². The standard InChI is InChI=1S/C15H20O7/c1-6-3-7-14(4-16,11(20)8(6)17)13(2)10(19)9(18)12(22-7)15(13)5-21-15/h3,7,9-12,16,18-20H,4-5H2,1-2H3/t7-,9-,10-,11-,12+,13+,14-,15+/m1/s1. The fraction of sp³-hybridized carbons (Fsp3) is 0.800. The molecule has 2 bridgehead atoms. The molecule has 0 radical (unpaired) electrons. The molecule has 7 heteroatoms. The molecule has 22 heavy (non-hydrogen) atoms. The lowest BCUT2D eigenvalue weighted by molar-refractivity contribution is -0.253. The number of aliphatic hydroxyl groups is 4. The van der Waals surface area contributed by atoms with Gasteiger partial charge in [0.15, 0.2) is 5.78 Å². The highest BCUT2D eigenvalue weighted by Gasteiger charge is 2.86. The quantitative estimate of drug-likeness (QED) is 0.419. The minimum atomic E-state index is -1.53. The largest absolute Gasteiger partial charge is 0.396 e. The monoisotopic (exact) mass is 312 g/mol. The van der Waals surface area contributed by atoms with Gasteiger partial charge in [0.1, 0.15) is 23.9 Å². The molecule has 7 nitrogen and oxygen atoms in total. The van der Waals surface area contributed by atoms with Gasteiger partial charge in [0.25, 0.3) is 0 Å². The summed E-state index contributed by atoms with van der Waals surface area (Å²) in [6, 6.07) is 0. The van der Waals surface area contributed by atoms with Crippen molar-refractivity contribution in [2.75, 3.05) is 13.2 Å². The third-order valence-electron chi connectivity index (χ3n) is 6.58. The zero-order valence-electron chi connectivity index (χ0n) is 12.4. The Morgan fingerprint density at radius 3 is 2.55 bits per heavy atom. The number of ether oxygens (including phenoxy) is 2. The van der Waals surface area contributed by atoms with Gasteiger partial charge in [-0.25, -0.2) is 0 Å². The van der Waals surface area contributed by atoms with Crippen LogP contribution < -0.4 is 0 Å². The summed E-state index contributed by atoms with van der Waals surface area (Å²) in [4.78, 5) is 12.3. The van der Waals surface area contributed by atoms with Gasteiger partial charge in [-0.3, -0.25) is 4.79 Å². The zero-order chi connectivity index (χ0) is 16.1. The van der Waals surface area contributed by atoms with Crippen molar-refractivity contribution < 1.29 is 34.7 Å². The highest BCUT2D eigenvalue weighted by atomic mass is 16.6. The van der Waals surface area contributed by atoms with Crippen molar-refractivity contribution in [3.63, 3.8) is 0 Å². The number of carbonyl (C=O) groups excluding carboxylic acids is 1. The molecule has 2 aliphatic heterocycles. The van der Waals surface area contributed by atoms with Gasteiger partial charge in [0.05, 0.1) is 30.8 Å². The van der Waals surface area contributed by atoms with Crippen molar-refractivity contribution in [3.05, 3.63) is 11.6 Å². The average molecular weight is 312 g/mol. The summed E-state index contributed by atoms with van der Waals surface area (Å²) < 4.78 is 11.5. The SMILES string of the molecule is CC1=C[C@H]2O[C@H]3[C@H](O)[C@@H](O)[C@@](C)([C@@]2(CO)[C@H](O)C1=O)[C@]31CO1. The lowest BCUT2D eigenvalue weighted by Crippen LogP contribution is -2.72. The number of epoxide rings is 1. The maximum Gasteiger partial charge on any atom is 0.187 e. The molecule has 1 spiro atoms. The van der Waals surface area contributed by atoms with E-state index in [0.29, 0.717) is 5.57 Å². The van der Waals surface area contributed by atoms with E-state index in [9.17, 15) is 25.2 Å². The van der Waals surface area contributed by atoms with Gasteiger partial charge in [-0.1, -0.05) is 6.92 Å². The first-order valence-electron chi connectivity index (χ1n) is 7.45. The van der Waals surface area contributed by atoms with Gasteiger partial charge >= 0.3 is 0 Å².